The third kappa shape index (κ3) is 4.32. The Bertz CT molecular complexity index is 686. The van der Waals surface area contributed by atoms with Crippen molar-refractivity contribution < 1.29 is 9.59 Å². The molecule has 1 aromatic carbocycles. The number of nitrogens with one attached hydrogen (secondary N) is 2. The molecule has 1 unspecified atom stereocenters. The van der Waals surface area contributed by atoms with Crippen LogP contribution in [0, 0.1) is 6.92 Å². The monoisotopic (exact) mass is 333 g/mol. The number of hydrogen-bond acceptors (Lipinski definition) is 5. The summed E-state index contributed by atoms with van der Waals surface area (Å²) in [5.74, 6) is 0.358. The second-order valence-corrected chi connectivity index (χ2v) is 6.12. The van der Waals surface area contributed by atoms with Gasteiger partial charge in [-0.15, -0.1) is 10.2 Å². The van der Waals surface area contributed by atoms with Crippen LogP contribution in [-0.2, 0) is 4.79 Å². The molecule has 23 heavy (non-hydrogen) atoms. The lowest BCUT2D eigenvalue weighted by Gasteiger charge is -2.12. The van der Waals surface area contributed by atoms with E-state index in [4.69, 9.17) is 0 Å². The van der Waals surface area contributed by atoms with Crippen LogP contribution in [0.2, 0.25) is 0 Å². The fraction of sp³-hybridized carbons (Fsp3) is 0.333. The number of rotatable bonds is 5. The number of thioether (sulfide) groups is 1. The number of imide groups is 1. The number of aromatic nitrogens is 3. The maximum Gasteiger partial charge on any atom is 0.321 e. The van der Waals surface area contributed by atoms with Crippen molar-refractivity contribution in [2.24, 2.45) is 0 Å². The number of nitrogens with zero attached hydrogens (tertiary/aromatic N) is 3. The van der Waals surface area contributed by atoms with E-state index in [0.717, 1.165) is 11.5 Å². The number of para-hydroxylation sites is 1. The van der Waals surface area contributed by atoms with Crippen molar-refractivity contribution in [1.29, 1.82) is 0 Å². The van der Waals surface area contributed by atoms with Crippen LogP contribution in [0.3, 0.4) is 0 Å². The number of benzene rings is 1. The van der Waals surface area contributed by atoms with Gasteiger partial charge in [-0.1, -0.05) is 30.0 Å². The SMILES string of the molecule is CCNC(=O)NC(=O)C(C)Sc1nnc(C)n1-c1ccccc1. The Morgan fingerprint density at radius 3 is 2.61 bits per heavy atom. The highest BCUT2D eigenvalue weighted by atomic mass is 32.2. The molecule has 0 aliphatic heterocycles. The summed E-state index contributed by atoms with van der Waals surface area (Å²) < 4.78 is 1.88. The molecule has 2 rings (SSSR count). The van der Waals surface area contributed by atoms with Gasteiger partial charge in [0, 0.05) is 12.2 Å². The highest BCUT2D eigenvalue weighted by molar-refractivity contribution is 8.00. The Morgan fingerprint density at radius 1 is 1.26 bits per heavy atom. The first-order chi connectivity index (χ1) is 11.0. The van der Waals surface area contributed by atoms with Crippen LogP contribution in [0.5, 0.6) is 0 Å². The minimum absolute atomic E-state index is 0.374. The molecule has 0 fully saturated rings. The summed E-state index contributed by atoms with van der Waals surface area (Å²) >= 11 is 1.25. The quantitative estimate of drug-likeness (QED) is 0.816. The highest BCUT2D eigenvalue weighted by Crippen LogP contribution is 2.25. The standard InChI is InChI=1S/C15H19N5O2S/c1-4-16-14(22)17-13(21)10(2)23-15-19-18-11(3)20(15)12-8-6-5-7-9-12/h5-10H,4H2,1-3H3,(H2,16,17,21,22). The van der Waals surface area contributed by atoms with Crippen LogP contribution in [0.25, 0.3) is 5.69 Å². The molecule has 3 amide bonds. The highest BCUT2D eigenvalue weighted by Gasteiger charge is 2.21. The largest absolute Gasteiger partial charge is 0.338 e. The maximum atomic E-state index is 12.0. The average molecular weight is 333 g/mol. The number of urea groups is 1. The summed E-state index contributed by atoms with van der Waals surface area (Å²) in [7, 11) is 0. The van der Waals surface area contributed by atoms with Crippen LogP contribution in [-0.4, -0.2) is 38.5 Å². The number of aryl methyl sites for hydroxylation is 1. The molecular formula is C15H19N5O2S. The Kier molecular flexibility index (Phi) is 5.75. The molecule has 0 bridgehead atoms. The van der Waals surface area contributed by atoms with Gasteiger partial charge in [0.2, 0.25) is 5.91 Å². The zero-order chi connectivity index (χ0) is 16.8. The van der Waals surface area contributed by atoms with E-state index in [1.165, 1.54) is 11.8 Å². The van der Waals surface area contributed by atoms with Gasteiger partial charge in [-0.25, -0.2) is 4.79 Å². The molecule has 0 aliphatic carbocycles. The van der Waals surface area contributed by atoms with Crippen molar-refractivity contribution in [2.45, 2.75) is 31.2 Å². The van der Waals surface area contributed by atoms with Gasteiger partial charge in [0.15, 0.2) is 5.16 Å². The number of carbonyl (C=O) groups excluding carboxylic acids is 2. The zero-order valence-corrected chi connectivity index (χ0v) is 14.1. The predicted octanol–water partition coefficient (Wildman–Crippen LogP) is 1.90. The number of hydrogen-bond donors (Lipinski definition) is 2. The van der Waals surface area contributed by atoms with Gasteiger partial charge in [0.05, 0.1) is 5.25 Å². The van der Waals surface area contributed by atoms with Gasteiger partial charge < -0.3 is 5.32 Å². The van der Waals surface area contributed by atoms with Crippen LogP contribution in [0.1, 0.15) is 19.7 Å². The Morgan fingerprint density at radius 2 is 1.96 bits per heavy atom. The van der Waals surface area contributed by atoms with E-state index in [9.17, 15) is 9.59 Å². The molecule has 0 saturated heterocycles. The van der Waals surface area contributed by atoms with Crippen molar-refractivity contribution in [1.82, 2.24) is 25.4 Å². The van der Waals surface area contributed by atoms with Crippen LogP contribution in [0.15, 0.2) is 35.5 Å². The van der Waals surface area contributed by atoms with E-state index in [2.05, 4.69) is 20.8 Å². The van der Waals surface area contributed by atoms with Gasteiger partial charge >= 0.3 is 6.03 Å². The molecule has 1 aromatic heterocycles. The van der Waals surface area contributed by atoms with Crippen LogP contribution in [0.4, 0.5) is 4.79 Å². The van der Waals surface area contributed by atoms with E-state index in [0.29, 0.717) is 11.7 Å². The van der Waals surface area contributed by atoms with Crippen LogP contribution < -0.4 is 10.6 Å². The Balaban J connectivity index is 2.12. The van der Waals surface area contributed by atoms with E-state index in [1.54, 1.807) is 13.8 Å². The Labute approximate surface area is 138 Å². The topological polar surface area (TPSA) is 88.9 Å². The third-order valence-electron chi connectivity index (χ3n) is 3.04. The summed E-state index contributed by atoms with van der Waals surface area (Å²) in [6.07, 6.45) is 0. The molecule has 0 aliphatic rings. The molecule has 122 valence electrons. The summed E-state index contributed by atoms with van der Waals surface area (Å²) in [5, 5.41) is 13.1. The molecule has 8 heteroatoms. The lowest BCUT2D eigenvalue weighted by molar-refractivity contribution is -0.119. The lowest BCUT2D eigenvalue weighted by atomic mass is 10.3. The smallest absolute Gasteiger partial charge is 0.321 e. The van der Waals surface area contributed by atoms with Crippen molar-refractivity contribution in [3.05, 3.63) is 36.2 Å². The van der Waals surface area contributed by atoms with E-state index in [-0.39, 0.29) is 5.91 Å². The minimum atomic E-state index is -0.495. The molecule has 1 heterocycles. The second-order valence-electron chi connectivity index (χ2n) is 4.81. The van der Waals surface area contributed by atoms with Gasteiger partial charge in [0.1, 0.15) is 5.82 Å². The maximum absolute atomic E-state index is 12.0. The molecule has 0 radical (unpaired) electrons. The normalized spacial score (nSPS) is 11.8. The van der Waals surface area contributed by atoms with Gasteiger partial charge in [-0.3, -0.25) is 14.7 Å². The number of carbonyl (C=O) groups is 2. The molecule has 7 nitrogen and oxygen atoms in total. The molecular weight excluding hydrogens is 314 g/mol. The van der Waals surface area contributed by atoms with Gasteiger partial charge in [0.25, 0.3) is 0 Å². The van der Waals surface area contributed by atoms with Crippen molar-refractivity contribution in [3.63, 3.8) is 0 Å². The first-order valence-corrected chi connectivity index (χ1v) is 8.13. The van der Waals surface area contributed by atoms with Crippen molar-refractivity contribution in [3.8, 4) is 5.69 Å². The summed E-state index contributed by atoms with van der Waals surface area (Å²) in [6, 6.07) is 9.17. The predicted molar refractivity (Wildman–Crippen MR) is 88.6 cm³/mol. The fourth-order valence-electron chi connectivity index (χ4n) is 1.92. The first-order valence-electron chi connectivity index (χ1n) is 7.25. The fourth-order valence-corrected chi connectivity index (χ4v) is 2.84. The van der Waals surface area contributed by atoms with Gasteiger partial charge in [-0.2, -0.15) is 0 Å². The molecule has 2 aromatic rings. The molecule has 0 spiro atoms. The zero-order valence-electron chi connectivity index (χ0n) is 13.2. The minimum Gasteiger partial charge on any atom is -0.338 e. The van der Waals surface area contributed by atoms with E-state index in [1.807, 2.05) is 41.8 Å². The van der Waals surface area contributed by atoms with E-state index >= 15 is 0 Å². The van der Waals surface area contributed by atoms with Crippen molar-refractivity contribution in [2.75, 3.05) is 6.54 Å². The molecule has 2 N–H and O–H groups in total. The molecule has 0 saturated carbocycles. The third-order valence-corrected chi connectivity index (χ3v) is 4.08. The number of amides is 3. The summed E-state index contributed by atoms with van der Waals surface area (Å²) in [4.78, 5) is 23.5. The summed E-state index contributed by atoms with van der Waals surface area (Å²) in [6.45, 7) is 5.82. The van der Waals surface area contributed by atoms with Crippen LogP contribution >= 0.6 is 11.8 Å². The average Bonchev–Trinajstić information content (AvgIpc) is 2.88. The summed E-state index contributed by atoms with van der Waals surface area (Å²) in [5.41, 5.74) is 0.925. The van der Waals surface area contributed by atoms with E-state index < -0.39 is 11.3 Å². The Hall–Kier alpha value is -2.35. The molecule has 1 atom stereocenters. The van der Waals surface area contributed by atoms with Crippen molar-refractivity contribution >= 4 is 23.7 Å². The first kappa shape index (κ1) is 17.0. The lowest BCUT2D eigenvalue weighted by Crippen LogP contribution is -2.42. The second kappa shape index (κ2) is 7.77. The van der Waals surface area contributed by atoms with Gasteiger partial charge in [-0.05, 0) is 32.9 Å².